The molecule has 7 nitrogen and oxygen atoms in total. The molecule has 1 aliphatic heterocycles. The van der Waals surface area contributed by atoms with Crippen LogP contribution < -0.4 is 5.73 Å². The van der Waals surface area contributed by atoms with Crippen LogP contribution in [0.4, 0.5) is 5.69 Å². The van der Waals surface area contributed by atoms with E-state index in [1.165, 1.54) is 10.4 Å². The molecule has 2 rings (SSSR count). The largest absolute Gasteiger partial charge is 0.328 e. The summed E-state index contributed by atoms with van der Waals surface area (Å²) in [7, 11) is -3.94. The highest BCUT2D eigenvalue weighted by molar-refractivity contribution is 7.89. The number of nitro benzene ring substituents is 1. The van der Waals surface area contributed by atoms with E-state index in [2.05, 4.69) is 0 Å². The summed E-state index contributed by atoms with van der Waals surface area (Å²) in [5.41, 5.74) is 5.38. The zero-order valence-electron chi connectivity index (χ0n) is 12.5. The van der Waals surface area contributed by atoms with Crippen LogP contribution in [0.5, 0.6) is 0 Å². The van der Waals surface area contributed by atoms with Crippen LogP contribution in [0.15, 0.2) is 23.1 Å². The summed E-state index contributed by atoms with van der Waals surface area (Å²) in [6.45, 7) is 2.51. The van der Waals surface area contributed by atoms with E-state index in [0.29, 0.717) is 25.9 Å². The average Bonchev–Trinajstić information content (AvgIpc) is 2.46. The molecule has 0 aromatic heterocycles. The molecule has 0 saturated carbocycles. The predicted octanol–water partition coefficient (Wildman–Crippen LogP) is 2.42. The third kappa shape index (κ3) is 4.33. The van der Waals surface area contributed by atoms with E-state index >= 15 is 0 Å². The lowest BCUT2D eigenvalue weighted by atomic mass is 9.92. The van der Waals surface area contributed by atoms with Gasteiger partial charge in [0.2, 0.25) is 10.0 Å². The molecule has 1 aromatic rings. The number of piperidine rings is 1. The summed E-state index contributed by atoms with van der Waals surface area (Å²) in [5.74, 6) is 0.265. The molecule has 1 atom stereocenters. The van der Waals surface area contributed by atoms with Crippen molar-refractivity contribution in [2.24, 2.45) is 11.7 Å². The first kappa shape index (κ1) is 20.1. The molecule has 0 spiro atoms. The first-order valence-corrected chi connectivity index (χ1v) is 8.75. The Morgan fingerprint density at radius 3 is 2.43 bits per heavy atom. The fourth-order valence-electron chi connectivity index (χ4n) is 2.63. The SMILES string of the molecule is CC(N)C1CCN(S(=O)(=O)c2cc(Cl)ccc2[N+](=O)[O-])CC1.Cl. The minimum atomic E-state index is -3.94. The number of nitrogens with zero attached hydrogens (tertiary/aromatic N) is 2. The maximum absolute atomic E-state index is 12.7. The molecule has 0 radical (unpaired) electrons. The quantitative estimate of drug-likeness (QED) is 0.634. The number of hydrogen-bond acceptors (Lipinski definition) is 5. The fourth-order valence-corrected chi connectivity index (χ4v) is 4.52. The second-order valence-corrected chi connectivity index (χ2v) is 7.81. The minimum Gasteiger partial charge on any atom is -0.328 e. The normalized spacial score (nSPS) is 18.2. The lowest BCUT2D eigenvalue weighted by molar-refractivity contribution is -0.387. The topological polar surface area (TPSA) is 107 Å². The summed E-state index contributed by atoms with van der Waals surface area (Å²) >= 11 is 5.81. The number of sulfonamides is 1. The third-order valence-electron chi connectivity index (χ3n) is 3.98. The lowest BCUT2D eigenvalue weighted by Gasteiger charge is -2.32. The highest BCUT2D eigenvalue weighted by atomic mass is 35.5. The monoisotopic (exact) mass is 383 g/mol. The van der Waals surface area contributed by atoms with E-state index in [-0.39, 0.29) is 34.3 Å². The molecule has 0 aliphatic carbocycles. The Bertz CT molecular complexity index is 674. The van der Waals surface area contributed by atoms with Gasteiger partial charge in [0.05, 0.1) is 4.92 Å². The molecule has 23 heavy (non-hydrogen) atoms. The van der Waals surface area contributed by atoms with Gasteiger partial charge in [-0.2, -0.15) is 4.31 Å². The molecule has 1 fully saturated rings. The van der Waals surface area contributed by atoms with Crippen molar-refractivity contribution in [2.45, 2.75) is 30.7 Å². The number of benzene rings is 1. The van der Waals surface area contributed by atoms with Crippen LogP contribution in [0.1, 0.15) is 19.8 Å². The number of halogens is 2. The Morgan fingerprint density at radius 2 is 1.96 bits per heavy atom. The van der Waals surface area contributed by atoms with E-state index < -0.39 is 20.6 Å². The van der Waals surface area contributed by atoms with Crippen LogP contribution in [-0.4, -0.2) is 36.8 Å². The van der Waals surface area contributed by atoms with Crippen molar-refractivity contribution in [3.05, 3.63) is 33.3 Å². The molecule has 0 amide bonds. The molecule has 1 aliphatic rings. The van der Waals surface area contributed by atoms with Crippen molar-refractivity contribution < 1.29 is 13.3 Å². The van der Waals surface area contributed by atoms with E-state index in [4.69, 9.17) is 17.3 Å². The first-order chi connectivity index (χ1) is 10.2. The van der Waals surface area contributed by atoms with Crippen LogP contribution in [0.25, 0.3) is 0 Å². The maximum atomic E-state index is 12.7. The van der Waals surface area contributed by atoms with Crippen molar-refractivity contribution in [3.8, 4) is 0 Å². The van der Waals surface area contributed by atoms with E-state index in [1.54, 1.807) is 0 Å². The van der Waals surface area contributed by atoms with E-state index in [1.807, 2.05) is 6.92 Å². The highest BCUT2D eigenvalue weighted by Crippen LogP contribution is 2.32. The average molecular weight is 384 g/mol. The van der Waals surface area contributed by atoms with Crippen LogP contribution in [0.2, 0.25) is 5.02 Å². The number of nitro groups is 1. The molecule has 1 aromatic carbocycles. The molecular weight excluding hydrogens is 365 g/mol. The summed E-state index contributed by atoms with van der Waals surface area (Å²) in [5, 5.41) is 11.2. The second kappa shape index (κ2) is 7.76. The van der Waals surface area contributed by atoms with Crippen molar-refractivity contribution >= 4 is 39.7 Å². The van der Waals surface area contributed by atoms with Gasteiger partial charge in [0, 0.05) is 30.2 Å². The fraction of sp³-hybridized carbons (Fsp3) is 0.538. The zero-order chi connectivity index (χ0) is 16.5. The molecular formula is C13H19Cl2N3O4S. The van der Waals surface area contributed by atoms with Crippen molar-refractivity contribution in [3.63, 3.8) is 0 Å². The zero-order valence-corrected chi connectivity index (χ0v) is 14.9. The number of nitrogens with two attached hydrogens (primary N) is 1. The summed E-state index contributed by atoms with van der Waals surface area (Å²) in [6.07, 6.45) is 1.29. The molecule has 0 bridgehead atoms. The Balaban J connectivity index is 0.00000264. The smallest absolute Gasteiger partial charge is 0.289 e. The summed E-state index contributed by atoms with van der Waals surface area (Å²) < 4.78 is 26.6. The van der Waals surface area contributed by atoms with Crippen molar-refractivity contribution in [1.82, 2.24) is 4.31 Å². The van der Waals surface area contributed by atoms with Gasteiger partial charge < -0.3 is 5.73 Å². The van der Waals surface area contributed by atoms with Gasteiger partial charge in [-0.15, -0.1) is 12.4 Å². The van der Waals surface area contributed by atoms with Gasteiger partial charge in [-0.05, 0) is 37.8 Å². The van der Waals surface area contributed by atoms with Crippen LogP contribution >= 0.6 is 24.0 Å². The highest BCUT2D eigenvalue weighted by Gasteiger charge is 2.35. The van der Waals surface area contributed by atoms with Crippen molar-refractivity contribution in [2.75, 3.05) is 13.1 Å². The minimum absolute atomic E-state index is 0. The molecule has 1 unspecified atom stereocenters. The Labute approximate surface area is 146 Å². The molecule has 2 N–H and O–H groups in total. The Morgan fingerprint density at radius 1 is 1.39 bits per heavy atom. The third-order valence-corrected chi connectivity index (χ3v) is 6.14. The van der Waals surface area contributed by atoms with Gasteiger partial charge in [0.25, 0.3) is 5.69 Å². The van der Waals surface area contributed by atoms with Gasteiger partial charge in [0.15, 0.2) is 4.90 Å². The second-order valence-electron chi connectivity index (χ2n) is 5.47. The predicted molar refractivity (Wildman–Crippen MR) is 90.5 cm³/mol. The first-order valence-electron chi connectivity index (χ1n) is 6.93. The van der Waals surface area contributed by atoms with Gasteiger partial charge in [-0.1, -0.05) is 11.6 Å². The summed E-state index contributed by atoms with van der Waals surface area (Å²) in [6, 6.07) is 3.56. The maximum Gasteiger partial charge on any atom is 0.289 e. The van der Waals surface area contributed by atoms with E-state index in [0.717, 1.165) is 12.1 Å². The van der Waals surface area contributed by atoms with E-state index in [9.17, 15) is 18.5 Å². The molecule has 1 saturated heterocycles. The molecule has 1 heterocycles. The van der Waals surface area contributed by atoms with Crippen molar-refractivity contribution in [1.29, 1.82) is 0 Å². The number of hydrogen-bond donors (Lipinski definition) is 1. The van der Waals surface area contributed by atoms with Crippen LogP contribution in [0.3, 0.4) is 0 Å². The Kier molecular flexibility index (Phi) is 6.79. The lowest BCUT2D eigenvalue weighted by Crippen LogP contribution is -2.42. The van der Waals surface area contributed by atoms with Crippen LogP contribution in [-0.2, 0) is 10.0 Å². The van der Waals surface area contributed by atoms with Gasteiger partial charge >= 0.3 is 0 Å². The number of rotatable bonds is 4. The Hall–Kier alpha value is -0.930. The van der Waals surface area contributed by atoms with Gasteiger partial charge in [-0.25, -0.2) is 8.42 Å². The molecule has 130 valence electrons. The van der Waals surface area contributed by atoms with Gasteiger partial charge in [0.1, 0.15) is 0 Å². The standard InChI is InChI=1S/C13H18ClN3O4S.ClH/c1-9(15)10-4-6-16(7-5-10)22(20,21)13-8-11(14)2-3-12(13)17(18)19;/h2-3,8-10H,4-7,15H2,1H3;1H. The summed E-state index contributed by atoms with van der Waals surface area (Å²) in [4.78, 5) is 10.00. The van der Waals surface area contributed by atoms with Crippen LogP contribution in [0, 0.1) is 16.0 Å². The molecule has 10 heteroatoms. The van der Waals surface area contributed by atoms with Gasteiger partial charge in [-0.3, -0.25) is 10.1 Å².